The molecule has 2 N–H and O–H groups in total. The van der Waals surface area contributed by atoms with Crippen LogP contribution in [0.1, 0.15) is 45.9 Å². The maximum absolute atomic E-state index is 5.57. The highest BCUT2D eigenvalue weighted by molar-refractivity contribution is 5.20. The van der Waals surface area contributed by atoms with E-state index < -0.39 is 0 Å². The van der Waals surface area contributed by atoms with Crippen LogP contribution in [0.15, 0.2) is 4.42 Å². The maximum atomic E-state index is 5.57. The summed E-state index contributed by atoms with van der Waals surface area (Å²) in [6, 6.07) is 1.03. The monoisotopic (exact) mass is 252 g/mol. The molecule has 1 aliphatic rings. The normalized spacial score (nSPS) is 28.3. The first kappa shape index (κ1) is 13.3. The minimum absolute atomic E-state index is 0.466. The van der Waals surface area contributed by atoms with Crippen LogP contribution >= 0.6 is 0 Å². The van der Waals surface area contributed by atoms with Crippen LogP contribution in [-0.2, 0) is 6.54 Å². The molecule has 1 fully saturated rings. The van der Waals surface area contributed by atoms with Crippen LogP contribution in [0.4, 0.5) is 6.01 Å². The Morgan fingerprint density at radius 1 is 1.28 bits per heavy atom. The van der Waals surface area contributed by atoms with E-state index in [1.165, 1.54) is 19.3 Å². The fourth-order valence-electron chi connectivity index (χ4n) is 2.65. The van der Waals surface area contributed by atoms with E-state index in [1.807, 2.05) is 0 Å². The molecule has 3 unspecified atom stereocenters. The largest absolute Gasteiger partial charge is 0.407 e. The lowest BCUT2D eigenvalue weighted by Crippen LogP contribution is -2.33. The van der Waals surface area contributed by atoms with E-state index in [-0.39, 0.29) is 0 Å². The van der Waals surface area contributed by atoms with Gasteiger partial charge in [0.05, 0.1) is 6.54 Å². The van der Waals surface area contributed by atoms with Crippen LogP contribution in [0.3, 0.4) is 0 Å². The third-order valence-electron chi connectivity index (χ3n) is 3.73. The fourth-order valence-corrected chi connectivity index (χ4v) is 2.65. The van der Waals surface area contributed by atoms with Gasteiger partial charge in [0.15, 0.2) is 0 Å². The molecule has 1 aliphatic carbocycles. The summed E-state index contributed by atoms with van der Waals surface area (Å²) in [6.07, 6.45) is 3.74. The highest BCUT2D eigenvalue weighted by Crippen LogP contribution is 2.30. The van der Waals surface area contributed by atoms with Gasteiger partial charge < -0.3 is 15.1 Å². The summed E-state index contributed by atoms with van der Waals surface area (Å²) in [7, 11) is 0. The predicted molar refractivity (Wildman–Crippen MR) is 71.3 cm³/mol. The van der Waals surface area contributed by atoms with Crippen molar-refractivity contribution in [3.8, 4) is 0 Å². The Bertz CT molecular complexity index is 366. The van der Waals surface area contributed by atoms with Crippen LogP contribution in [0.2, 0.25) is 0 Å². The van der Waals surface area contributed by atoms with Gasteiger partial charge in [0, 0.05) is 6.04 Å². The lowest BCUT2D eigenvalue weighted by molar-refractivity contribution is 0.273. The number of nitrogens with one attached hydrogen (secondary N) is 2. The van der Waals surface area contributed by atoms with Crippen molar-refractivity contribution in [3.05, 3.63) is 5.89 Å². The highest BCUT2D eigenvalue weighted by atomic mass is 16.4. The third-order valence-corrected chi connectivity index (χ3v) is 3.73. The van der Waals surface area contributed by atoms with Gasteiger partial charge in [0.2, 0.25) is 5.89 Å². The van der Waals surface area contributed by atoms with Gasteiger partial charge in [-0.1, -0.05) is 25.9 Å². The van der Waals surface area contributed by atoms with E-state index in [4.69, 9.17) is 4.42 Å². The summed E-state index contributed by atoms with van der Waals surface area (Å²) >= 11 is 0. The molecular weight excluding hydrogens is 228 g/mol. The van der Waals surface area contributed by atoms with Crippen molar-refractivity contribution in [2.24, 2.45) is 11.8 Å². The van der Waals surface area contributed by atoms with Crippen molar-refractivity contribution >= 4 is 6.01 Å². The molecule has 1 aromatic rings. The predicted octanol–water partition coefficient (Wildman–Crippen LogP) is 2.42. The molecule has 102 valence electrons. The SMILES string of the molecule is CCNCc1nnc(NC2CCC(C)CC2C)o1. The first-order chi connectivity index (χ1) is 8.69. The van der Waals surface area contributed by atoms with Crippen LogP contribution in [0.5, 0.6) is 0 Å². The molecule has 0 aromatic carbocycles. The van der Waals surface area contributed by atoms with Gasteiger partial charge in [-0.2, -0.15) is 0 Å². The lowest BCUT2D eigenvalue weighted by atomic mass is 9.80. The molecule has 5 heteroatoms. The van der Waals surface area contributed by atoms with Crippen LogP contribution in [0.25, 0.3) is 0 Å². The maximum Gasteiger partial charge on any atom is 0.315 e. The van der Waals surface area contributed by atoms with Crippen molar-refractivity contribution < 1.29 is 4.42 Å². The van der Waals surface area contributed by atoms with Crippen molar-refractivity contribution in [1.29, 1.82) is 0 Å². The quantitative estimate of drug-likeness (QED) is 0.842. The summed E-state index contributed by atoms with van der Waals surface area (Å²) in [4.78, 5) is 0. The summed E-state index contributed by atoms with van der Waals surface area (Å²) < 4.78 is 5.57. The zero-order valence-electron chi connectivity index (χ0n) is 11.6. The minimum atomic E-state index is 0.466. The first-order valence-corrected chi connectivity index (χ1v) is 6.98. The smallest absolute Gasteiger partial charge is 0.315 e. The topological polar surface area (TPSA) is 63.0 Å². The second-order valence-electron chi connectivity index (χ2n) is 5.43. The summed E-state index contributed by atoms with van der Waals surface area (Å²) in [6.45, 7) is 8.22. The summed E-state index contributed by atoms with van der Waals surface area (Å²) in [5, 5.41) is 14.6. The molecule has 3 atom stereocenters. The zero-order chi connectivity index (χ0) is 13.0. The minimum Gasteiger partial charge on any atom is -0.407 e. The van der Waals surface area contributed by atoms with Gasteiger partial charge >= 0.3 is 6.01 Å². The third kappa shape index (κ3) is 3.45. The van der Waals surface area contributed by atoms with Gasteiger partial charge in [-0.15, -0.1) is 5.10 Å². The average Bonchev–Trinajstić information content (AvgIpc) is 2.78. The Hall–Kier alpha value is -1.10. The van der Waals surface area contributed by atoms with E-state index in [0.29, 0.717) is 30.4 Å². The molecule has 0 bridgehead atoms. The fraction of sp³-hybridized carbons (Fsp3) is 0.846. The zero-order valence-corrected chi connectivity index (χ0v) is 11.6. The molecule has 1 aromatic heterocycles. The molecule has 1 saturated carbocycles. The second-order valence-corrected chi connectivity index (χ2v) is 5.43. The van der Waals surface area contributed by atoms with Crippen molar-refractivity contribution in [2.75, 3.05) is 11.9 Å². The summed E-state index contributed by atoms with van der Waals surface area (Å²) in [5.41, 5.74) is 0. The molecule has 0 saturated heterocycles. The molecule has 0 spiro atoms. The van der Waals surface area contributed by atoms with Crippen LogP contribution in [-0.4, -0.2) is 22.8 Å². The van der Waals surface area contributed by atoms with Gasteiger partial charge in [0.25, 0.3) is 0 Å². The van der Waals surface area contributed by atoms with Crippen LogP contribution < -0.4 is 10.6 Å². The molecular formula is C13H24N4O. The average molecular weight is 252 g/mol. The summed E-state index contributed by atoms with van der Waals surface area (Å²) in [5.74, 6) is 2.15. The highest BCUT2D eigenvalue weighted by Gasteiger charge is 2.26. The van der Waals surface area contributed by atoms with Gasteiger partial charge in [-0.05, 0) is 37.6 Å². The number of hydrogen-bond acceptors (Lipinski definition) is 5. The van der Waals surface area contributed by atoms with Gasteiger partial charge in [-0.3, -0.25) is 0 Å². The van der Waals surface area contributed by atoms with Crippen molar-refractivity contribution in [3.63, 3.8) is 0 Å². The van der Waals surface area contributed by atoms with Gasteiger partial charge in [0.1, 0.15) is 0 Å². The molecule has 0 radical (unpaired) electrons. The Kier molecular flexibility index (Phi) is 4.58. The second kappa shape index (κ2) is 6.18. The van der Waals surface area contributed by atoms with E-state index in [9.17, 15) is 0 Å². The lowest BCUT2D eigenvalue weighted by Gasteiger charge is -2.32. The Balaban J connectivity index is 1.87. The number of rotatable bonds is 5. The Morgan fingerprint density at radius 3 is 2.83 bits per heavy atom. The molecule has 0 amide bonds. The number of aromatic nitrogens is 2. The Labute approximate surface area is 109 Å². The number of anilines is 1. The van der Waals surface area contributed by atoms with Gasteiger partial charge in [-0.25, -0.2) is 0 Å². The standard InChI is InChI=1S/C13H24N4O/c1-4-14-8-12-16-17-13(18-12)15-11-6-5-9(2)7-10(11)3/h9-11,14H,4-8H2,1-3H3,(H,15,17). The van der Waals surface area contributed by atoms with E-state index in [1.54, 1.807) is 0 Å². The van der Waals surface area contributed by atoms with E-state index in [2.05, 4.69) is 41.6 Å². The van der Waals surface area contributed by atoms with Crippen molar-refractivity contribution in [1.82, 2.24) is 15.5 Å². The van der Waals surface area contributed by atoms with Crippen LogP contribution in [0, 0.1) is 11.8 Å². The van der Waals surface area contributed by atoms with Crippen molar-refractivity contribution in [2.45, 2.75) is 52.6 Å². The molecule has 2 rings (SSSR count). The molecule has 5 nitrogen and oxygen atoms in total. The number of hydrogen-bond donors (Lipinski definition) is 2. The number of nitrogens with zero attached hydrogens (tertiary/aromatic N) is 2. The van der Waals surface area contributed by atoms with E-state index in [0.717, 1.165) is 12.5 Å². The molecule has 18 heavy (non-hydrogen) atoms. The Morgan fingerprint density at radius 2 is 2.11 bits per heavy atom. The molecule has 0 aliphatic heterocycles. The molecule has 1 heterocycles. The van der Waals surface area contributed by atoms with E-state index >= 15 is 0 Å². The first-order valence-electron chi connectivity index (χ1n) is 6.98.